The minimum Gasteiger partial charge on any atom is -0.349 e. The van der Waals surface area contributed by atoms with Crippen molar-refractivity contribution < 1.29 is 9.72 Å². The number of nitrogens with one attached hydrogen (secondary N) is 1. The molecule has 96 valence electrons. The van der Waals surface area contributed by atoms with Gasteiger partial charge in [-0.15, -0.1) is 6.58 Å². The van der Waals surface area contributed by atoms with E-state index in [2.05, 4.69) is 11.9 Å². The standard InChI is InChI=1S/C12H13ClN2O3/c1-3-4-8(2)14-12(16)9-5-6-11(15(17)18)10(13)7-9/h3,5-8H,1,4H2,2H3,(H,14,16). The summed E-state index contributed by atoms with van der Waals surface area (Å²) in [7, 11) is 0. The van der Waals surface area contributed by atoms with E-state index in [-0.39, 0.29) is 22.7 Å². The van der Waals surface area contributed by atoms with Crippen molar-refractivity contribution in [2.24, 2.45) is 0 Å². The van der Waals surface area contributed by atoms with Crippen molar-refractivity contribution >= 4 is 23.2 Å². The van der Waals surface area contributed by atoms with Crippen LogP contribution in [0.25, 0.3) is 0 Å². The lowest BCUT2D eigenvalue weighted by atomic mass is 10.1. The van der Waals surface area contributed by atoms with E-state index in [1.807, 2.05) is 6.92 Å². The number of amides is 1. The normalized spacial score (nSPS) is 11.7. The van der Waals surface area contributed by atoms with E-state index >= 15 is 0 Å². The zero-order valence-corrected chi connectivity index (χ0v) is 10.6. The first-order valence-electron chi connectivity index (χ1n) is 5.31. The maximum atomic E-state index is 11.8. The molecule has 0 fully saturated rings. The van der Waals surface area contributed by atoms with Gasteiger partial charge in [-0.3, -0.25) is 14.9 Å². The topological polar surface area (TPSA) is 72.2 Å². The first-order chi connectivity index (χ1) is 8.45. The van der Waals surface area contributed by atoms with Gasteiger partial charge in [0.2, 0.25) is 0 Å². The molecular weight excluding hydrogens is 256 g/mol. The lowest BCUT2D eigenvalue weighted by molar-refractivity contribution is -0.384. The number of hydrogen-bond acceptors (Lipinski definition) is 3. The summed E-state index contributed by atoms with van der Waals surface area (Å²) in [5.74, 6) is -0.318. The summed E-state index contributed by atoms with van der Waals surface area (Å²) in [5, 5.41) is 13.3. The van der Waals surface area contributed by atoms with Crippen molar-refractivity contribution in [2.75, 3.05) is 0 Å². The molecule has 1 unspecified atom stereocenters. The SMILES string of the molecule is C=CCC(C)NC(=O)c1ccc([N+](=O)[O-])c(Cl)c1. The van der Waals surface area contributed by atoms with E-state index in [4.69, 9.17) is 11.6 Å². The van der Waals surface area contributed by atoms with E-state index in [1.54, 1.807) is 6.08 Å². The van der Waals surface area contributed by atoms with Crippen LogP contribution >= 0.6 is 11.6 Å². The van der Waals surface area contributed by atoms with Crippen molar-refractivity contribution in [3.63, 3.8) is 0 Å². The Morgan fingerprint density at radius 3 is 2.83 bits per heavy atom. The summed E-state index contributed by atoms with van der Waals surface area (Å²) in [6, 6.07) is 3.83. The van der Waals surface area contributed by atoms with Gasteiger partial charge in [-0.25, -0.2) is 0 Å². The molecule has 18 heavy (non-hydrogen) atoms. The third-order valence-electron chi connectivity index (χ3n) is 2.30. The van der Waals surface area contributed by atoms with Gasteiger partial charge < -0.3 is 5.32 Å². The number of carbonyl (C=O) groups excluding carboxylic acids is 1. The lowest BCUT2D eigenvalue weighted by Gasteiger charge is -2.11. The quantitative estimate of drug-likeness (QED) is 0.507. The Labute approximate surface area is 110 Å². The van der Waals surface area contributed by atoms with Gasteiger partial charge in [0.25, 0.3) is 11.6 Å². The number of nitro groups is 1. The molecule has 0 aromatic heterocycles. The lowest BCUT2D eigenvalue weighted by Crippen LogP contribution is -2.32. The average Bonchev–Trinajstić information content (AvgIpc) is 2.28. The fraction of sp³-hybridized carbons (Fsp3) is 0.250. The van der Waals surface area contributed by atoms with Gasteiger partial charge in [0.05, 0.1) is 4.92 Å². The predicted molar refractivity (Wildman–Crippen MR) is 69.8 cm³/mol. The van der Waals surface area contributed by atoms with E-state index in [9.17, 15) is 14.9 Å². The Morgan fingerprint density at radius 1 is 1.67 bits per heavy atom. The van der Waals surface area contributed by atoms with Crippen LogP contribution in [0.15, 0.2) is 30.9 Å². The van der Waals surface area contributed by atoms with E-state index in [0.29, 0.717) is 12.0 Å². The van der Waals surface area contributed by atoms with Gasteiger partial charge in [0.15, 0.2) is 0 Å². The third-order valence-corrected chi connectivity index (χ3v) is 2.61. The largest absolute Gasteiger partial charge is 0.349 e. The fourth-order valence-corrected chi connectivity index (χ4v) is 1.66. The highest BCUT2D eigenvalue weighted by atomic mass is 35.5. The van der Waals surface area contributed by atoms with Crippen LogP contribution in [0.1, 0.15) is 23.7 Å². The van der Waals surface area contributed by atoms with Crippen molar-refractivity contribution in [1.29, 1.82) is 0 Å². The van der Waals surface area contributed by atoms with E-state index < -0.39 is 4.92 Å². The molecule has 0 bridgehead atoms. The first-order valence-corrected chi connectivity index (χ1v) is 5.69. The van der Waals surface area contributed by atoms with E-state index in [0.717, 1.165) is 0 Å². The molecule has 0 heterocycles. The van der Waals surface area contributed by atoms with Crippen LogP contribution < -0.4 is 5.32 Å². The summed E-state index contributed by atoms with van der Waals surface area (Å²) in [4.78, 5) is 21.8. The van der Waals surface area contributed by atoms with Crippen LogP contribution in [0.3, 0.4) is 0 Å². The molecule has 0 spiro atoms. The average molecular weight is 269 g/mol. The van der Waals surface area contributed by atoms with Crippen molar-refractivity contribution in [3.8, 4) is 0 Å². The molecule has 0 aliphatic heterocycles. The van der Waals surface area contributed by atoms with E-state index in [1.165, 1.54) is 18.2 Å². The summed E-state index contributed by atoms with van der Waals surface area (Å²) < 4.78 is 0. The van der Waals surface area contributed by atoms with Gasteiger partial charge in [0.1, 0.15) is 5.02 Å². The molecule has 0 aliphatic rings. The number of nitro benzene ring substituents is 1. The highest BCUT2D eigenvalue weighted by molar-refractivity contribution is 6.33. The van der Waals surface area contributed by atoms with Gasteiger partial charge in [-0.2, -0.15) is 0 Å². The highest BCUT2D eigenvalue weighted by Gasteiger charge is 2.15. The Balaban J connectivity index is 2.84. The predicted octanol–water partition coefficient (Wildman–Crippen LogP) is 2.94. The molecule has 6 heteroatoms. The van der Waals surface area contributed by atoms with Crippen LogP contribution in [-0.2, 0) is 0 Å². The van der Waals surface area contributed by atoms with Crippen LogP contribution in [0.4, 0.5) is 5.69 Å². The van der Waals surface area contributed by atoms with Crippen molar-refractivity contribution in [1.82, 2.24) is 5.32 Å². The fourth-order valence-electron chi connectivity index (χ4n) is 1.41. The minimum atomic E-state index is -0.593. The molecule has 1 aromatic rings. The third kappa shape index (κ3) is 3.56. The summed E-state index contributed by atoms with van der Waals surface area (Å²) in [6.45, 7) is 5.42. The second-order valence-corrected chi connectivity index (χ2v) is 4.23. The van der Waals surface area contributed by atoms with Crippen LogP contribution in [0.2, 0.25) is 5.02 Å². The Morgan fingerprint density at radius 2 is 2.33 bits per heavy atom. The number of carbonyl (C=O) groups is 1. The van der Waals surface area contributed by atoms with Gasteiger partial charge in [-0.05, 0) is 25.5 Å². The number of hydrogen-bond donors (Lipinski definition) is 1. The molecule has 0 radical (unpaired) electrons. The van der Waals surface area contributed by atoms with Gasteiger partial charge >= 0.3 is 0 Å². The second-order valence-electron chi connectivity index (χ2n) is 3.82. The molecule has 1 aromatic carbocycles. The molecule has 1 N–H and O–H groups in total. The van der Waals surface area contributed by atoms with Crippen LogP contribution in [0, 0.1) is 10.1 Å². The Hall–Kier alpha value is -1.88. The number of halogens is 1. The van der Waals surface area contributed by atoms with Gasteiger partial charge in [0, 0.05) is 17.7 Å². The number of nitrogens with zero attached hydrogens (tertiary/aromatic N) is 1. The molecule has 5 nitrogen and oxygen atoms in total. The minimum absolute atomic E-state index is 0.0518. The van der Waals surface area contributed by atoms with Crippen LogP contribution in [-0.4, -0.2) is 16.9 Å². The monoisotopic (exact) mass is 268 g/mol. The maximum Gasteiger partial charge on any atom is 0.287 e. The number of rotatable bonds is 5. The van der Waals surface area contributed by atoms with Crippen molar-refractivity contribution in [3.05, 3.63) is 51.6 Å². The molecule has 0 saturated heterocycles. The van der Waals surface area contributed by atoms with Crippen molar-refractivity contribution in [2.45, 2.75) is 19.4 Å². The molecule has 0 saturated carbocycles. The highest BCUT2D eigenvalue weighted by Crippen LogP contribution is 2.24. The summed E-state index contributed by atoms with van der Waals surface area (Å²) >= 11 is 5.73. The first kappa shape index (κ1) is 14.2. The molecule has 1 amide bonds. The molecule has 0 aliphatic carbocycles. The van der Waals surface area contributed by atoms with Crippen LogP contribution in [0.5, 0.6) is 0 Å². The van der Waals surface area contributed by atoms with Gasteiger partial charge in [-0.1, -0.05) is 17.7 Å². The molecule has 1 rings (SSSR count). The Bertz CT molecular complexity index is 488. The molecular formula is C12H13ClN2O3. The maximum absolute atomic E-state index is 11.8. The molecule has 1 atom stereocenters. The zero-order valence-electron chi connectivity index (χ0n) is 9.85. The second kappa shape index (κ2) is 6.16. The number of benzene rings is 1. The Kier molecular flexibility index (Phi) is 4.85. The summed E-state index contributed by atoms with van der Waals surface area (Å²) in [6.07, 6.45) is 2.35. The smallest absolute Gasteiger partial charge is 0.287 e. The summed E-state index contributed by atoms with van der Waals surface area (Å²) in [5.41, 5.74) is 0.0777. The zero-order chi connectivity index (χ0) is 13.7.